The summed E-state index contributed by atoms with van der Waals surface area (Å²) in [4.78, 5) is 2.27. The van der Waals surface area contributed by atoms with Gasteiger partial charge in [-0.25, -0.2) is 0 Å². The van der Waals surface area contributed by atoms with Gasteiger partial charge in [-0.15, -0.1) is 13.2 Å². The Labute approximate surface area is 162 Å². The summed E-state index contributed by atoms with van der Waals surface area (Å²) in [7, 11) is 3.19. The molecule has 1 heterocycles. The third-order valence-corrected chi connectivity index (χ3v) is 4.68. The van der Waals surface area contributed by atoms with Gasteiger partial charge in [0.25, 0.3) is 0 Å². The van der Waals surface area contributed by atoms with E-state index in [0.29, 0.717) is 11.5 Å². The van der Waals surface area contributed by atoms with Gasteiger partial charge in [-0.1, -0.05) is 12.1 Å². The number of piperazine rings is 1. The van der Waals surface area contributed by atoms with Crippen LogP contribution in [-0.2, 0) is 0 Å². The number of nitrogens with zero attached hydrogens (tertiary/aromatic N) is 1. The van der Waals surface area contributed by atoms with Crippen molar-refractivity contribution < 1.29 is 27.4 Å². The van der Waals surface area contributed by atoms with Gasteiger partial charge in [0.1, 0.15) is 17.2 Å². The van der Waals surface area contributed by atoms with Gasteiger partial charge < -0.3 is 19.5 Å². The topological polar surface area (TPSA) is 43.0 Å². The van der Waals surface area contributed by atoms with Crippen LogP contribution in [0.1, 0.15) is 17.2 Å². The van der Waals surface area contributed by atoms with E-state index < -0.39 is 6.36 Å². The van der Waals surface area contributed by atoms with Gasteiger partial charge in [-0.05, 0) is 35.9 Å². The number of benzene rings is 2. The van der Waals surface area contributed by atoms with Crippen molar-refractivity contribution in [3.05, 3.63) is 53.6 Å². The Morgan fingerprint density at radius 3 is 2.14 bits per heavy atom. The zero-order valence-electron chi connectivity index (χ0n) is 15.8. The smallest absolute Gasteiger partial charge is 0.497 e. The minimum Gasteiger partial charge on any atom is -0.497 e. The molecule has 1 fully saturated rings. The Balaban J connectivity index is 2.00. The molecule has 28 heavy (non-hydrogen) atoms. The van der Waals surface area contributed by atoms with E-state index in [-0.39, 0.29) is 11.8 Å². The van der Waals surface area contributed by atoms with Crippen LogP contribution in [0, 0.1) is 0 Å². The Kier molecular flexibility index (Phi) is 6.31. The van der Waals surface area contributed by atoms with E-state index in [0.717, 1.165) is 37.3 Å². The van der Waals surface area contributed by atoms with Gasteiger partial charge in [0.15, 0.2) is 0 Å². The fourth-order valence-corrected chi connectivity index (χ4v) is 3.43. The number of alkyl halides is 3. The lowest BCUT2D eigenvalue weighted by atomic mass is 9.95. The molecule has 0 saturated carbocycles. The van der Waals surface area contributed by atoms with E-state index in [4.69, 9.17) is 9.47 Å². The van der Waals surface area contributed by atoms with E-state index in [1.54, 1.807) is 26.4 Å². The highest BCUT2D eigenvalue weighted by molar-refractivity contribution is 5.47. The molecule has 1 saturated heterocycles. The summed E-state index contributed by atoms with van der Waals surface area (Å²) in [5.41, 5.74) is 1.75. The van der Waals surface area contributed by atoms with Crippen molar-refractivity contribution in [1.82, 2.24) is 10.2 Å². The molecule has 1 N–H and O–H groups in total. The monoisotopic (exact) mass is 396 g/mol. The first-order chi connectivity index (χ1) is 13.4. The average Bonchev–Trinajstić information content (AvgIpc) is 2.69. The molecule has 0 radical (unpaired) electrons. The number of methoxy groups -OCH3 is 2. The zero-order chi connectivity index (χ0) is 20.1. The minimum atomic E-state index is -4.71. The third kappa shape index (κ3) is 4.88. The van der Waals surface area contributed by atoms with Crippen LogP contribution in [0.4, 0.5) is 13.2 Å². The summed E-state index contributed by atoms with van der Waals surface area (Å²) >= 11 is 0. The zero-order valence-corrected chi connectivity index (χ0v) is 15.8. The minimum absolute atomic E-state index is 0.188. The van der Waals surface area contributed by atoms with Crippen molar-refractivity contribution in [2.45, 2.75) is 12.4 Å². The molecule has 152 valence electrons. The molecule has 8 heteroatoms. The van der Waals surface area contributed by atoms with E-state index >= 15 is 0 Å². The molecule has 0 bridgehead atoms. The number of halogens is 3. The normalized spacial score (nSPS) is 16.5. The Morgan fingerprint density at radius 1 is 0.929 bits per heavy atom. The molecule has 3 rings (SSSR count). The van der Waals surface area contributed by atoms with Crippen LogP contribution >= 0.6 is 0 Å². The van der Waals surface area contributed by atoms with E-state index in [9.17, 15) is 13.2 Å². The highest BCUT2D eigenvalue weighted by Crippen LogP contribution is 2.38. The SMILES string of the molecule is COc1ccc(OC)c([C@@H](c2ccc(OC(F)(F)F)cc2)N2CCNCC2)c1. The molecule has 1 aliphatic rings. The number of hydrogen-bond acceptors (Lipinski definition) is 5. The second-order valence-corrected chi connectivity index (χ2v) is 6.41. The number of rotatable bonds is 6. The quantitative estimate of drug-likeness (QED) is 0.808. The summed E-state index contributed by atoms with van der Waals surface area (Å²) in [6.07, 6.45) is -4.71. The first-order valence-corrected chi connectivity index (χ1v) is 8.93. The Hall–Kier alpha value is -2.45. The van der Waals surface area contributed by atoms with Crippen molar-refractivity contribution in [2.75, 3.05) is 40.4 Å². The highest BCUT2D eigenvalue weighted by atomic mass is 19.4. The van der Waals surface area contributed by atoms with Crippen LogP contribution in [0.2, 0.25) is 0 Å². The Morgan fingerprint density at radius 2 is 1.57 bits per heavy atom. The number of nitrogens with one attached hydrogen (secondary N) is 1. The molecule has 2 aromatic carbocycles. The second-order valence-electron chi connectivity index (χ2n) is 6.41. The van der Waals surface area contributed by atoms with Crippen molar-refractivity contribution in [3.63, 3.8) is 0 Å². The van der Waals surface area contributed by atoms with Gasteiger partial charge in [-0.2, -0.15) is 0 Å². The standard InChI is InChI=1S/C20H23F3N2O3/c1-26-16-7-8-18(27-2)17(13-16)19(25-11-9-24-10-12-25)14-3-5-15(6-4-14)28-20(21,22)23/h3-8,13,19,24H,9-12H2,1-2H3/t19-/m1/s1. The summed E-state index contributed by atoms with van der Waals surface area (Å²) in [6, 6.07) is 11.4. The van der Waals surface area contributed by atoms with E-state index in [1.807, 2.05) is 18.2 Å². The highest BCUT2D eigenvalue weighted by Gasteiger charge is 2.31. The predicted octanol–water partition coefficient (Wildman–Crippen LogP) is 3.60. The molecular formula is C20H23F3N2O3. The molecule has 0 spiro atoms. The van der Waals surface area contributed by atoms with Gasteiger partial charge in [-0.3, -0.25) is 4.90 Å². The molecule has 2 aromatic rings. The van der Waals surface area contributed by atoms with Crippen LogP contribution in [0.5, 0.6) is 17.2 Å². The van der Waals surface area contributed by atoms with Crippen molar-refractivity contribution in [1.29, 1.82) is 0 Å². The third-order valence-electron chi connectivity index (χ3n) is 4.68. The fourth-order valence-electron chi connectivity index (χ4n) is 3.43. The van der Waals surface area contributed by atoms with Crippen LogP contribution in [-0.4, -0.2) is 51.7 Å². The van der Waals surface area contributed by atoms with Crippen molar-refractivity contribution in [3.8, 4) is 17.2 Å². The van der Waals surface area contributed by atoms with E-state index in [2.05, 4.69) is 15.0 Å². The maximum Gasteiger partial charge on any atom is 0.573 e. The van der Waals surface area contributed by atoms with Gasteiger partial charge in [0.2, 0.25) is 0 Å². The van der Waals surface area contributed by atoms with Crippen LogP contribution in [0.25, 0.3) is 0 Å². The van der Waals surface area contributed by atoms with Crippen molar-refractivity contribution in [2.24, 2.45) is 0 Å². The average molecular weight is 396 g/mol. The Bertz CT molecular complexity index is 775. The molecule has 1 aliphatic heterocycles. The van der Waals surface area contributed by atoms with Gasteiger partial charge in [0, 0.05) is 31.7 Å². The van der Waals surface area contributed by atoms with Crippen LogP contribution in [0.15, 0.2) is 42.5 Å². The second kappa shape index (κ2) is 8.70. The van der Waals surface area contributed by atoms with Gasteiger partial charge in [0.05, 0.1) is 20.3 Å². The lowest BCUT2D eigenvalue weighted by Crippen LogP contribution is -2.45. The first kappa shape index (κ1) is 20.3. The molecule has 1 atom stereocenters. The number of ether oxygens (including phenoxy) is 3. The summed E-state index contributed by atoms with van der Waals surface area (Å²) < 4.78 is 52.3. The first-order valence-electron chi connectivity index (χ1n) is 8.93. The molecule has 0 unspecified atom stereocenters. The summed E-state index contributed by atoms with van der Waals surface area (Å²) in [5.74, 6) is 1.14. The molecule has 0 aliphatic carbocycles. The predicted molar refractivity (Wildman–Crippen MR) is 99.0 cm³/mol. The number of hydrogen-bond donors (Lipinski definition) is 1. The van der Waals surface area contributed by atoms with Crippen LogP contribution < -0.4 is 19.5 Å². The van der Waals surface area contributed by atoms with Crippen molar-refractivity contribution >= 4 is 0 Å². The van der Waals surface area contributed by atoms with E-state index in [1.165, 1.54) is 12.1 Å². The maximum absolute atomic E-state index is 12.5. The molecule has 5 nitrogen and oxygen atoms in total. The molecule has 0 aromatic heterocycles. The lowest BCUT2D eigenvalue weighted by Gasteiger charge is -2.36. The summed E-state index contributed by atoms with van der Waals surface area (Å²) in [6.45, 7) is 3.26. The fraction of sp³-hybridized carbons (Fsp3) is 0.400. The summed E-state index contributed by atoms with van der Waals surface area (Å²) in [5, 5.41) is 3.32. The molecular weight excluding hydrogens is 373 g/mol. The maximum atomic E-state index is 12.5. The van der Waals surface area contributed by atoms with Gasteiger partial charge >= 0.3 is 6.36 Å². The van der Waals surface area contributed by atoms with Crippen LogP contribution in [0.3, 0.4) is 0 Å². The largest absolute Gasteiger partial charge is 0.573 e. The lowest BCUT2D eigenvalue weighted by molar-refractivity contribution is -0.274. The molecule has 0 amide bonds.